The Kier molecular flexibility index (Phi) is 8.59. The third kappa shape index (κ3) is 7.40. The molecule has 1 atom stereocenters. The highest BCUT2D eigenvalue weighted by Crippen LogP contribution is 2.31. The van der Waals surface area contributed by atoms with Crippen LogP contribution in [-0.4, -0.2) is 55.9 Å². The number of likely N-dealkylation sites (tertiary alicyclic amines) is 1. The van der Waals surface area contributed by atoms with Crippen LogP contribution in [0, 0.1) is 5.92 Å². The maximum atomic E-state index is 12.9. The van der Waals surface area contributed by atoms with E-state index in [1.54, 1.807) is 24.1 Å². The van der Waals surface area contributed by atoms with Gasteiger partial charge < -0.3 is 25.0 Å². The molecule has 0 aromatic heterocycles. The molecule has 29 heavy (non-hydrogen) atoms. The van der Waals surface area contributed by atoms with Crippen molar-refractivity contribution >= 4 is 35.0 Å². The maximum Gasteiger partial charge on any atom is 0.410 e. The minimum atomic E-state index is -0.559. The number of carbonyl (C=O) groups is 2. The van der Waals surface area contributed by atoms with Gasteiger partial charge in [-0.2, -0.15) is 0 Å². The number of hydrogen-bond acceptors (Lipinski definition) is 5. The van der Waals surface area contributed by atoms with Gasteiger partial charge in [0.1, 0.15) is 5.60 Å². The van der Waals surface area contributed by atoms with Crippen LogP contribution in [0.25, 0.3) is 0 Å². The monoisotopic (exact) mass is 425 g/mol. The van der Waals surface area contributed by atoms with Crippen molar-refractivity contribution in [3.05, 3.63) is 23.2 Å². The van der Waals surface area contributed by atoms with Crippen molar-refractivity contribution in [3.63, 3.8) is 0 Å². The summed E-state index contributed by atoms with van der Waals surface area (Å²) < 4.78 is 10.5. The van der Waals surface area contributed by atoms with Crippen LogP contribution < -0.4 is 10.6 Å². The first-order valence-corrected chi connectivity index (χ1v) is 10.4. The zero-order chi connectivity index (χ0) is 21.4. The molecule has 0 radical (unpaired) electrons. The van der Waals surface area contributed by atoms with Crippen molar-refractivity contribution in [3.8, 4) is 0 Å². The van der Waals surface area contributed by atoms with Gasteiger partial charge in [0.2, 0.25) is 5.91 Å². The first-order valence-electron chi connectivity index (χ1n) is 10.0. The summed E-state index contributed by atoms with van der Waals surface area (Å²) >= 11 is 6.32. The largest absolute Gasteiger partial charge is 0.444 e. The molecule has 162 valence electrons. The molecule has 1 aliphatic heterocycles. The van der Waals surface area contributed by atoms with E-state index < -0.39 is 5.60 Å². The molecule has 1 fully saturated rings. The smallest absolute Gasteiger partial charge is 0.410 e. The Morgan fingerprint density at radius 1 is 1.31 bits per heavy atom. The zero-order valence-corrected chi connectivity index (χ0v) is 18.5. The number of methoxy groups -OCH3 is 1. The normalized spacial score (nSPS) is 17.0. The number of para-hydroxylation sites is 1. The second-order valence-electron chi connectivity index (χ2n) is 8.19. The predicted octanol–water partition coefficient (Wildman–Crippen LogP) is 4.37. The van der Waals surface area contributed by atoms with Gasteiger partial charge in [-0.15, -0.1) is 0 Å². The maximum absolute atomic E-state index is 12.9. The van der Waals surface area contributed by atoms with Gasteiger partial charge in [-0.1, -0.05) is 17.7 Å². The summed E-state index contributed by atoms with van der Waals surface area (Å²) in [5, 5.41) is 6.78. The molecule has 1 aliphatic rings. The summed E-state index contributed by atoms with van der Waals surface area (Å²) in [6.07, 6.45) is 1.93. The Bertz CT molecular complexity index is 706. The molecule has 8 heteroatoms. The van der Waals surface area contributed by atoms with E-state index in [1.165, 1.54) is 0 Å². The van der Waals surface area contributed by atoms with Gasteiger partial charge in [0.15, 0.2) is 0 Å². The molecule has 7 nitrogen and oxygen atoms in total. The molecule has 1 saturated heterocycles. The van der Waals surface area contributed by atoms with Crippen LogP contribution in [0.15, 0.2) is 18.2 Å². The molecule has 0 saturated carbocycles. The number of hydrogen-bond donors (Lipinski definition) is 2. The van der Waals surface area contributed by atoms with E-state index in [-0.39, 0.29) is 17.9 Å². The topological polar surface area (TPSA) is 79.9 Å². The van der Waals surface area contributed by atoms with Crippen LogP contribution in [0.4, 0.5) is 16.2 Å². The molecule has 0 spiro atoms. The van der Waals surface area contributed by atoms with Crippen LogP contribution in [0.1, 0.15) is 40.0 Å². The summed E-state index contributed by atoms with van der Waals surface area (Å²) in [5.74, 6) is -0.419. The van der Waals surface area contributed by atoms with E-state index in [4.69, 9.17) is 21.1 Å². The Hall–Kier alpha value is -1.99. The molecule has 2 amide bonds. The van der Waals surface area contributed by atoms with Crippen molar-refractivity contribution in [1.82, 2.24) is 4.90 Å². The van der Waals surface area contributed by atoms with Gasteiger partial charge in [-0.25, -0.2) is 4.79 Å². The number of benzene rings is 1. The lowest BCUT2D eigenvalue weighted by atomic mass is 9.97. The standard InChI is InChI=1S/C21H32ClN3O4/c1-21(2,3)29-20(27)25-12-6-8-15(14-25)19(26)24-17-10-5-9-16(22)18(17)23-11-7-13-28-4/h5,9-10,15,23H,6-8,11-14H2,1-4H3,(H,24,26). The number of ether oxygens (including phenoxy) is 2. The van der Waals surface area contributed by atoms with Crippen molar-refractivity contribution in [1.29, 1.82) is 0 Å². The van der Waals surface area contributed by atoms with Crippen molar-refractivity contribution in [2.45, 2.75) is 45.6 Å². The number of halogens is 1. The van der Waals surface area contributed by atoms with Gasteiger partial charge in [-0.05, 0) is 52.2 Å². The fraction of sp³-hybridized carbons (Fsp3) is 0.619. The summed E-state index contributed by atoms with van der Waals surface area (Å²) in [5.41, 5.74) is 0.768. The SMILES string of the molecule is COCCCNc1c(Cl)cccc1NC(=O)C1CCCN(C(=O)OC(C)(C)C)C1. The highest BCUT2D eigenvalue weighted by molar-refractivity contribution is 6.34. The number of carbonyl (C=O) groups excluding carboxylic acids is 2. The number of piperidine rings is 1. The predicted molar refractivity (Wildman–Crippen MR) is 116 cm³/mol. The lowest BCUT2D eigenvalue weighted by Gasteiger charge is -2.33. The Morgan fingerprint density at radius 2 is 2.07 bits per heavy atom. The van der Waals surface area contributed by atoms with E-state index in [1.807, 2.05) is 26.8 Å². The van der Waals surface area contributed by atoms with E-state index in [2.05, 4.69) is 10.6 Å². The highest BCUT2D eigenvalue weighted by atomic mass is 35.5. The Labute approximate surface area is 178 Å². The molecular formula is C21H32ClN3O4. The molecule has 1 unspecified atom stereocenters. The van der Waals surface area contributed by atoms with Crippen LogP contribution >= 0.6 is 11.6 Å². The average Bonchev–Trinajstić information content (AvgIpc) is 2.65. The molecule has 1 aromatic carbocycles. The van der Waals surface area contributed by atoms with E-state index in [0.717, 1.165) is 19.3 Å². The van der Waals surface area contributed by atoms with E-state index in [9.17, 15) is 9.59 Å². The van der Waals surface area contributed by atoms with Gasteiger partial charge >= 0.3 is 6.09 Å². The number of amides is 2. The fourth-order valence-corrected chi connectivity index (χ4v) is 3.40. The summed E-state index contributed by atoms with van der Waals surface area (Å²) in [6, 6.07) is 5.39. The van der Waals surface area contributed by atoms with Gasteiger partial charge in [0.25, 0.3) is 0 Å². The number of rotatable bonds is 7. The first kappa shape index (κ1) is 23.3. The quantitative estimate of drug-likeness (QED) is 0.634. The fourth-order valence-electron chi connectivity index (χ4n) is 3.16. The minimum absolute atomic E-state index is 0.125. The summed E-state index contributed by atoms with van der Waals surface area (Å²) in [6.45, 7) is 7.76. The molecule has 1 aromatic rings. The molecule has 0 bridgehead atoms. The molecule has 0 aliphatic carbocycles. The highest BCUT2D eigenvalue weighted by Gasteiger charge is 2.31. The number of anilines is 2. The van der Waals surface area contributed by atoms with E-state index in [0.29, 0.717) is 42.6 Å². The van der Waals surface area contributed by atoms with Crippen LogP contribution in [0.5, 0.6) is 0 Å². The van der Waals surface area contributed by atoms with Crippen LogP contribution in [0.2, 0.25) is 5.02 Å². The second kappa shape index (κ2) is 10.7. The number of nitrogens with one attached hydrogen (secondary N) is 2. The summed E-state index contributed by atoms with van der Waals surface area (Å²) in [4.78, 5) is 26.8. The lowest BCUT2D eigenvalue weighted by molar-refractivity contribution is -0.121. The second-order valence-corrected chi connectivity index (χ2v) is 8.60. The lowest BCUT2D eigenvalue weighted by Crippen LogP contribution is -2.45. The van der Waals surface area contributed by atoms with Gasteiger partial charge in [-0.3, -0.25) is 4.79 Å². The summed E-state index contributed by atoms with van der Waals surface area (Å²) in [7, 11) is 1.66. The zero-order valence-electron chi connectivity index (χ0n) is 17.7. The Morgan fingerprint density at radius 3 is 2.76 bits per heavy atom. The Balaban J connectivity index is 2.00. The third-order valence-electron chi connectivity index (χ3n) is 4.54. The van der Waals surface area contributed by atoms with Crippen LogP contribution in [0.3, 0.4) is 0 Å². The molecule has 2 N–H and O–H groups in total. The first-order chi connectivity index (χ1) is 13.7. The third-order valence-corrected chi connectivity index (χ3v) is 4.86. The van der Waals surface area contributed by atoms with Crippen molar-refractivity contribution in [2.24, 2.45) is 5.92 Å². The molecule has 2 rings (SSSR count). The average molecular weight is 426 g/mol. The van der Waals surface area contributed by atoms with Crippen LogP contribution in [-0.2, 0) is 14.3 Å². The van der Waals surface area contributed by atoms with Crippen molar-refractivity contribution < 1.29 is 19.1 Å². The molecule has 1 heterocycles. The molecular weight excluding hydrogens is 394 g/mol. The van der Waals surface area contributed by atoms with Gasteiger partial charge in [0.05, 0.1) is 22.3 Å². The minimum Gasteiger partial charge on any atom is -0.444 e. The number of nitrogens with zero attached hydrogens (tertiary/aromatic N) is 1. The van der Waals surface area contributed by atoms with Crippen molar-refractivity contribution in [2.75, 3.05) is 44.0 Å². The van der Waals surface area contributed by atoms with E-state index >= 15 is 0 Å². The van der Waals surface area contributed by atoms with Gasteiger partial charge in [0, 0.05) is 33.4 Å².